The highest BCUT2D eigenvalue weighted by molar-refractivity contribution is 6.40. The van der Waals surface area contributed by atoms with Crippen molar-refractivity contribution in [2.24, 2.45) is 21.7 Å². The number of nitrogens with zero attached hydrogens (tertiary/aromatic N) is 3. The van der Waals surface area contributed by atoms with Gasteiger partial charge >= 0.3 is 17.8 Å². The molecule has 2 heterocycles. The van der Waals surface area contributed by atoms with Gasteiger partial charge in [0.25, 0.3) is 0 Å². The van der Waals surface area contributed by atoms with Gasteiger partial charge in [-0.15, -0.1) is 4.59 Å². The van der Waals surface area contributed by atoms with Crippen LogP contribution in [0.15, 0.2) is 76.2 Å². The van der Waals surface area contributed by atoms with E-state index >= 15 is 0 Å². The number of carbonyl (C=O) groups excluding carboxylic acids is 2. The Labute approximate surface area is 195 Å². The van der Waals surface area contributed by atoms with E-state index in [0.717, 1.165) is 29.8 Å². The fourth-order valence-corrected chi connectivity index (χ4v) is 3.92. The van der Waals surface area contributed by atoms with Crippen molar-refractivity contribution in [3.63, 3.8) is 0 Å². The molecule has 5 rings (SSSR count). The molecule has 1 fully saturated rings. The molecule has 1 unspecified atom stereocenters. The molecule has 0 spiro atoms. The summed E-state index contributed by atoms with van der Waals surface area (Å²) in [7, 11) is 0. The maximum Gasteiger partial charge on any atom is 0.333 e. The zero-order chi connectivity index (χ0) is 23.9. The fourth-order valence-electron chi connectivity index (χ4n) is 3.92. The van der Waals surface area contributed by atoms with E-state index in [4.69, 9.17) is 5.84 Å². The third kappa shape index (κ3) is 4.12. The average Bonchev–Trinajstić information content (AvgIpc) is 3.57. The maximum absolute atomic E-state index is 13.3. The zero-order valence-electron chi connectivity index (χ0n) is 18.4. The Balaban J connectivity index is 1.27. The first-order valence-electron chi connectivity index (χ1n) is 10.8. The van der Waals surface area contributed by atoms with Gasteiger partial charge in [0.05, 0.1) is 12.4 Å². The van der Waals surface area contributed by atoms with Crippen molar-refractivity contribution in [1.82, 2.24) is 0 Å². The number of amides is 3. The van der Waals surface area contributed by atoms with Crippen LogP contribution in [0.2, 0.25) is 0 Å². The Kier molecular flexibility index (Phi) is 5.31. The Morgan fingerprint density at radius 2 is 1.88 bits per heavy atom. The van der Waals surface area contributed by atoms with Crippen LogP contribution >= 0.6 is 0 Å². The van der Waals surface area contributed by atoms with Crippen LogP contribution in [-0.2, 0) is 4.79 Å². The zero-order valence-corrected chi connectivity index (χ0v) is 18.4. The number of benzene rings is 2. The van der Waals surface area contributed by atoms with Crippen molar-refractivity contribution in [3.8, 4) is 0 Å². The Morgan fingerprint density at radius 3 is 2.62 bits per heavy atom. The molecule has 0 radical (unpaired) electrons. The number of allylic oxidation sites excluding steroid dienone is 2. The SMILES string of the molecule is Cc1cc(NC(=O)C2=NC(C3CC3)=C3C=NC=C[N+]23N)ccc1NC(=O)Nc1cccc(F)c1. The van der Waals surface area contributed by atoms with Crippen molar-refractivity contribution < 1.29 is 18.6 Å². The largest absolute Gasteiger partial charge is 0.333 e. The number of nitrogens with two attached hydrogens (primary N) is 1. The van der Waals surface area contributed by atoms with Crippen LogP contribution in [0.5, 0.6) is 0 Å². The summed E-state index contributed by atoms with van der Waals surface area (Å²) in [6, 6.07) is 10.2. The number of fused-ring (bicyclic) bond motifs is 1. The molecule has 3 amide bonds. The lowest BCUT2D eigenvalue weighted by Gasteiger charge is -2.25. The Morgan fingerprint density at radius 1 is 1.09 bits per heavy atom. The highest BCUT2D eigenvalue weighted by atomic mass is 19.1. The molecule has 2 aromatic rings. The van der Waals surface area contributed by atoms with Gasteiger partial charge < -0.3 is 16.0 Å². The summed E-state index contributed by atoms with van der Waals surface area (Å²) in [5.74, 6) is 6.16. The number of nitrogens with one attached hydrogen (secondary N) is 3. The van der Waals surface area contributed by atoms with Crippen LogP contribution in [0.25, 0.3) is 0 Å². The van der Waals surface area contributed by atoms with Crippen LogP contribution in [-0.4, -0.2) is 28.6 Å². The summed E-state index contributed by atoms with van der Waals surface area (Å²) in [6.45, 7) is 1.80. The number of aliphatic imine (C=N–C) groups is 2. The topological polar surface area (TPSA) is 121 Å². The Bertz CT molecular complexity index is 1330. The molecule has 3 aliphatic rings. The molecule has 34 heavy (non-hydrogen) atoms. The first-order chi connectivity index (χ1) is 16.3. The van der Waals surface area contributed by atoms with Gasteiger partial charge in [-0.25, -0.2) is 9.18 Å². The lowest BCUT2D eigenvalue weighted by Crippen LogP contribution is -2.56. The third-order valence-electron chi connectivity index (χ3n) is 5.80. The number of amidine groups is 1. The van der Waals surface area contributed by atoms with E-state index in [1.165, 1.54) is 18.2 Å². The van der Waals surface area contributed by atoms with Crippen molar-refractivity contribution >= 4 is 41.1 Å². The van der Waals surface area contributed by atoms with Crippen molar-refractivity contribution in [1.29, 1.82) is 0 Å². The monoisotopic (exact) mass is 460 g/mol. The molecule has 2 aliphatic heterocycles. The second kappa shape index (κ2) is 8.32. The second-order valence-corrected chi connectivity index (χ2v) is 8.41. The van der Waals surface area contributed by atoms with Gasteiger partial charge in [0.1, 0.15) is 17.7 Å². The molecule has 10 heteroatoms. The summed E-state index contributed by atoms with van der Waals surface area (Å²) in [4.78, 5) is 34.1. The van der Waals surface area contributed by atoms with E-state index in [0.29, 0.717) is 23.0 Å². The number of anilines is 3. The molecule has 9 nitrogen and oxygen atoms in total. The van der Waals surface area contributed by atoms with E-state index in [2.05, 4.69) is 25.9 Å². The molecule has 1 aliphatic carbocycles. The summed E-state index contributed by atoms with van der Waals surface area (Å²) in [5.41, 5.74) is 3.67. The molecule has 1 saturated carbocycles. The van der Waals surface area contributed by atoms with E-state index in [1.54, 1.807) is 49.8 Å². The lowest BCUT2D eigenvalue weighted by atomic mass is 10.1. The molecule has 5 N–H and O–H groups in total. The van der Waals surface area contributed by atoms with E-state index < -0.39 is 17.8 Å². The standard InChI is InChI=1S/C24H22FN7O2/c1-14-11-18(7-8-19(14)30-24(34)29-17-4-2-3-16(25)12-17)28-23(33)22-31-21(15-5-6-15)20-13-27-9-10-32(20,22)26/h2-4,7-13,15H,5-6,26H2,1H3,(H2-,27,28,29,30,31,33,34)/p+1. The summed E-state index contributed by atoms with van der Waals surface area (Å²) >= 11 is 0. The van der Waals surface area contributed by atoms with Crippen LogP contribution in [0.1, 0.15) is 18.4 Å². The van der Waals surface area contributed by atoms with Crippen LogP contribution < -0.4 is 21.8 Å². The maximum atomic E-state index is 13.3. The smallest absolute Gasteiger partial charge is 0.316 e. The van der Waals surface area contributed by atoms with Crippen LogP contribution in [0.3, 0.4) is 0 Å². The molecule has 1 atom stereocenters. The number of hydrogen-bond donors (Lipinski definition) is 4. The molecule has 172 valence electrons. The number of rotatable bonds is 5. The van der Waals surface area contributed by atoms with Gasteiger partial charge in [0.15, 0.2) is 0 Å². The average molecular weight is 460 g/mol. The van der Waals surface area contributed by atoms with Gasteiger partial charge in [-0.1, -0.05) is 6.07 Å². The molecular formula is C24H23FN7O2+. The minimum atomic E-state index is -0.509. The van der Waals surface area contributed by atoms with Crippen LogP contribution in [0.4, 0.5) is 26.2 Å². The fraction of sp³-hybridized carbons (Fsp3) is 0.167. The molecule has 0 saturated heterocycles. The lowest BCUT2D eigenvalue weighted by molar-refractivity contribution is -0.749. The molecule has 2 aromatic carbocycles. The molecule has 0 bridgehead atoms. The van der Waals surface area contributed by atoms with Gasteiger partial charge in [-0.2, -0.15) is 10.8 Å². The number of urea groups is 1. The first-order valence-corrected chi connectivity index (χ1v) is 10.8. The summed E-state index contributed by atoms with van der Waals surface area (Å²) in [6.07, 6.45) is 6.90. The van der Waals surface area contributed by atoms with Gasteiger partial charge in [-0.3, -0.25) is 9.79 Å². The van der Waals surface area contributed by atoms with Crippen molar-refractivity contribution in [3.05, 3.63) is 77.6 Å². The number of quaternary nitrogens is 1. The van der Waals surface area contributed by atoms with Crippen molar-refractivity contribution in [2.45, 2.75) is 19.8 Å². The van der Waals surface area contributed by atoms with E-state index in [9.17, 15) is 14.0 Å². The number of hydrogen-bond acceptors (Lipinski definition) is 5. The van der Waals surface area contributed by atoms with Gasteiger partial charge in [0.2, 0.25) is 5.70 Å². The van der Waals surface area contributed by atoms with Gasteiger partial charge in [-0.05, 0) is 61.7 Å². The van der Waals surface area contributed by atoms with Crippen LogP contribution in [0, 0.1) is 18.7 Å². The minimum Gasteiger partial charge on any atom is -0.316 e. The highest BCUT2D eigenvalue weighted by Gasteiger charge is 2.50. The van der Waals surface area contributed by atoms with Gasteiger partial charge in [0, 0.05) is 23.0 Å². The first kappa shape index (κ1) is 21.7. The second-order valence-electron chi connectivity index (χ2n) is 8.41. The van der Waals surface area contributed by atoms with E-state index in [1.807, 2.05) is 0 Å². The normalized spacial score (nSPS) is 20.6. The predicted molar refractivity (Wildman–Crippen MR) is 128 cm³/mol. The summed E-state index contributed by atoms with van der Waals surface area (Å²) in [5, 5.41) is 8.15. The summed E-state index contributed by atoms with van der Waals surface area (Å²) < 4.78 is 13.0. The quantitative estimate of drug-likeness (QED) is 0.399. The number of aryl methyl sites for hydroxylation is 1. The number of carbonyl (C=O) groups is 2. The van der Waals surface area contributed by atoms with E-state index in [-0.39, 0.29) is 10.4 Å². The molecular weight excluding hydrogens is 437 g/mol. The minimum absolute atomic E-state index is 0.175. The number of halogens is 1. The highest BCUT2D eigenvalue weighted by Crippen LogP contribution is 2.43. The predicted octanol–water partition coefficient (Wildman–Crippen LogP) is 4.00. The van der Waals surface area contributed by atoms with Crippen molar-refractivity contribution in [2.75, 3.05) is 16.0 Å². The third-order valence-corrected chi connectivity index (χ3v) is 5.80. The Hall–Kier alpha value is -4.15. The molecule has 0 aromatic heterocycles.